The second kappa shape index (κ2) is 8.85. The lowest BCUT2D eigenvalue weighted by molar-refractivity contribution is 0.0705. The molecule has 3 rings (SSSR count). The summed E-state index contributed by atoms with van der Waals surface area (Å²) in [6.07, 6.45) is 0.736. The van der Waals surface area contributed by atoms with Crippen LogP contribution in [0, 0.1) is 29.2 Å². The summed E-state index contributed by atoms with van der Waals surface area (Å²) in [5.74, 6) is -5.08. The van der Waals surface area contributed by atoms with E-state index in [1.807, 2.05) is 20.8 Å². The average Bonchev–Trinajstić information content (AvgIpc) is 3.03. The second-order valence-corrected chi connectivity index (χ2v) is 7.58. The van der Waals surface area contributed by atoms with Crippen LogP contribution in [0.15, 0.2) is 30.3 Å². The molecule has 0 aliphatic heterocycles. The maximum absolute atomic E-state index is 14.2. The molecular formula is C22H23F4N3O. The number of imidazole rings is 1. The van der Waals surface area contributed by atoms with Crippen LogP contribution in [0.2, 0.25) is 0 Å². The van der Waals surface area contributed by atoms with Gasteiger partial charge >= 0.3 is 0 Å². The van der Waals surface area contributed by atoms with E-state index >= 15 is 0 Å². The Morgan fingerprint density at radius 3 is 2.43 bits per heavy atom. The van der Waals surface area contributed by atoms with E-state index in [2.05, 4.69) is 4.98 Å². The number of amides is 1. The number of benzene rings is 2. The molecule has 8 heteroatoms. The highest BCUT2D eigenvalue weighted by molar-refractivity contribution is 5.94. The highest BCUT2D eigenvalue weighted by atomic mass is 19.2. The van der Waals surface area contributed by atoms with Crippen LogP contribution in [0.4, 0.5) is 17.6 Å². The summed E-state index contributed by atoms with van der Waals surface area (Å²) in [4.78, 5) is 18.6. The molecule has 3 aromatic rings. The first-order chi connectivity index (χ1) is 14.2. The third-order valence-corrected chi connectivity index (χ3v) is 4.72. The molecule has 2 aromatic carbocycles. The van der Waals surface area contributed by atoms with Crippen molar-refractivity contribution < 1.29 is 22.4 Å². The van der Waals surface area contributed by atoms with Crippen LogP contribution in [0.5, 0.6) is 0 Å². The molecule has 0 N–H and O–H groups in total. The molecule has 0 saturated heterocycles. The first-order valence-electron chi connectivity index (χ1n) is 9.81. The number of nitrogens with zero attached hydrogens (tertiary/aromatic N) is 3. The highest BCUT2D eigenvalue weighted by Gasteiger charge is 2.27. The molecular weight excluding hydrogens is 398 g/mol. The van der Waals surface area contributed by atoms with E-state index in [0.29, 0.717) is 24.0 Å². The number of hydrogen-bond donors (Lipinski definition) is 0. The molecule has 0 spiro atoms. The minimum Gasteiger partial charge on any atom is -0.331 e. The molecule has 1 aromatic heterocycles. The zero-order chi connectivity index (χ0) is 22.0. The Labute approximate surface area is 172 Å². The van der Waals surface area contributed by atoms with E-state index in [9.17, 15) is 22.4 Å². The fourth-order valence-corrected chi connectivity index (χ4v) is 3.47. The minimum atomic E-state index is -1.53. The lowest BCUT2D eigenvalue weighted by Gasteiger charge is -2.25. The van der Waals surface area contributed by atoms with E-state index in [1.165, 1.54) is 11.0 Å². The van der Waals surface area contributed by atoms with Gasteiger partial charge in [0.05, 0.1) is 12.1 Å². The van der Waals surface area contributed by atoms with Crippen molar-refractivity contribution in [1.29, 1.82) is 0 Å². The standard InChI is InChI=1S/C22H23F4N3O/c1-4-10-29-17-7-5-6-16(25)21(17)27-18(29)12-28(11-13(2)3)22(30)19-14(23)8-9-15(24)20(19)26/h5-9,13H,4,10-12H2,1-3H3. The number of aromatic nitrogens is 2. The Hall–Kier alpha value is -2.90. The van der Waals surface area contributed by atoms with E-state index in [0.717, 1.165) is 12.5 Å². The van der Waals surface area contributed by atoms with Gasteiger partial charge < -0.3 is 9.47 Å². The summed E-state index contributed by atoms with van der Waals surface area (Å²) in [6, 6.07) is 5.96. The predicted molar refractivity (Wildman–Crippen MR) is 106 cm³/mol. The van der Waals surface area contributed by atoms with Crippen LogP contribution in [-0.4, -0.2) is 26.9 Å². The Morgan fingerprint density at radius 2 is 1.77 bits per heavy atom. The Morgan fingerprint density at radius 1 is 1.07 bits per heavy atom. The zero-order valence-electron chi connectivity index (χ0n) is 17.1. The monoisotopic (exact) mass is 421 g/mol. The lowest BCUT2D eigenvalue weighted by atomic mass is 10.1. The van der Waals surface area contributed by atoms with Crippen molar-refractivity contribution in [1.82, 2.24) is 14.5 Å². The van der Waals surface area contributed by atoms with E-state index in [1.54, 1.807) is 16.7 Å². The molecule has 0 unspecified atom stereocenters. The van der Waals surface area contributed by atoms with Gasteiger partial charge in [-0.2, -0.15) is 0 Å². The number of rotatable bonds is 7. The number of carbonyl (C=O) groups is 1. The molecule has 0 aliphatic rings. The summed E-state index contributed by atoms with van der Waals surface area (Å²) < 4.78 is 58.1. The minimum absolute atomic E-state index is 0.0330. The van der Waals surface area contributed by atoms with Crippen LogP contribution < -0.4 is 0 Å². The number of aryl methyl sites for hydroxylation is 1. The molecule has 1 heterocycles. The first-order valence-corrected chi connectivity index (χ1v) is 9.81. The molecule has 0 atom stereocenters. The van der Waals surface area contributed by atoms with Gasteiger partial charge in [0.2, 0.25) is 0 Å². The smallest absolute Gasteiger partial charge is 0.260 e. The third kappa shape index (κ3) is 4.17. The van der Waals surface area contributed by atoms with Crippen molar-refractivity contribution >= 4 is 16.9 Å². The van der Waals surface area contributed by atoms with Gasteiger partial charge in [-0.15, -0.1) is 0 Å². The maximum Gasteiger partial charge on any atom is 0.260 e. The van der Waals surface area contributed by atoms with Crippen molar-refractivity contribution in [2.75, 3.05) is 6.54 Å². The fourth-order valence-electron chi connectivity index (χ4n) is 3.47. The van der Waals surface area contributed by atoms with Crippen LogP contribution in [0.1, 0.15) is 43.4 Å². The van der Waals surface area contributed by atoms with Crippen molar-refractivity contribution in [3.05, 3.63) is 65.0 Å². The Kier molecular flexibility index (Phi) is 6.43. The van der Waals surface area contributed by atoms with E-state index in [-0.39, 0.29) is 24.5 Å². The van der Waals surface area contributed by atoms with Gasteiger partial charge in [-0.3, -0.25) is 4.79 Å². The molecule has 1 amide bonds. The Balaban J connectivity index is 2.06. The van der Waals surface area contributed by atoms with Crippen molar-refractivity contribution in [2.45, 2.75) is 40.3 Å². The molecule has 0 radical (unpaired) electrons. The molecule has 160 valence electrons. The SMILES string of the molecule is CCCn1c(CN(CC(C)C)C(=O)c2c(F)ccc(F)c2F)nc2c(F)cccc21. The van der Waals surface area contributed by atoms with Crippen LogP contribution >= 0.6 is 0 Å². The summed E-state index contributed by atoms with van der Waals surface area (Å²) in [5.41, 5.74) is -0.201. The fraction of sp³-hybridized carbons (Fsp3) is 0.364. The van der Waals surface area contributed by atoms with Crippen molar-refractivity contribution in [2.24, 2.45) is 5.92 Å². The molecule has 4 nitrogen and oxygen atoms in total. The van der Waals surface area contributed by atoms with Gasteiger partial charge in [-0.1, -0.05) is 26.8 Å². The largest absolute Gasteiger partial charge is 0.331 e. The summed E-state index contributed by atoms with van der Waals surface area (Å²) in [6.45, 7) is 6.22. The first kappa shape index (κ1) is 21.8. The number of hydrogen-bond acceptors (Lipinski definition) is 2. The normalized spacial score (nSPS) is 11.5. The van der Waals surface area contributed by atoms with Gasteiger partial charge in [0.25, 0.3) is 5.91 Å². The average molecular weight is 421 g/mol. The van der Waals surface area contributed by atoms with Crippen molar-refractivity contribution in [3.63, 3.8) is 0 Å². The summed E-state index contributed by atoms with van der Waals surface area (Å²) >= 11 is 0. The summed E-state index contributed by atoms with van der Waals surface area (Å²) in [5, 5.41) is 0. The topological polar surface area (TPSA) is 38.1 Å². The highest BCUT2D eigenvalue weighted by Crippen LogP contribution is 2.23. The maximum atomic E-state index is 14.2. The van der Waals surface area contributed by atoms with E-state index in [4.69, 9.17) is 0 Å². The number of para-hydroxylation sites is 1. The number of carbonyl (C=O) groups excluding carboxylic acids is 1. The summed E-state index contributed by atoms with van der Waals surface area (Å²) in [7, 11) is 0. The van der Waals surface area contributed by atoms with E-state index < -0.39 is 34.7 Å². The molecule has 0 fully saturated rings. The van der Waals surface area contributed by atoms with Gasteiger partial charge in [0, 0.05) is 13.1 Å². The van der Waals surface area contributed by atoms with Crippen molar-refractivity contribution in [3.8, 4) is 0 Å². The molecule has 0 aliphatic carbocycles. The predicted octanol–water partition coefficient (Wildman–Crippen LogP) is 5.30. The second-order valence-electron chi connectivity index (χ2n) is 7.58. The quantitative estimate of drug-likeness (QED) is 0.384. The number of halogens is 4. The van der Waals surface area contributed by atoms with Crippen LogP contribution in [0.25, 0.3) is 11.0 Å². The molecule has 0 saturated carbocycles. The molecule has 0 bridgehead atoms. The van der Waals surface area contributed by atoms with Gasteiger partial charge in [0.1, 0.15) is 22.7 Å². The van der Waals surface area contributed by atoms with Gasteiger partial charge in [-0.05, 0) is 36.6 Å². The van der Waals surface area contributed by atoms with Crippen LogP contribution in [-0.2, 0) is 13.1 Å². The lowest BCUT2D eigenvalue weighted by Crippen LogP contribution is -2.36. The van der Waals surface area contributed by atoms with Crippen LogP contribution in [0.3, 0.4) is 0 Å². The number of fused-ring (bicyclic) bond motifs is 1. The Bertz CT molecular complexity index is 1080. The van der Waals surface area contributed by atoms with Gasteiger partial charge in [0.15, 0.2) is 17.5 Å². The molecule has 30 heavy (non-hydrogen) atoms. The van der Waals surface area contributed by atoms with Gasteiger partial charge in [-0.25, -0.2) is 22.5 Å². The third-order valence-electron chi connectivity index (χ3n) is 4.72. The zero-order valence-corrected chi connectivity index (χ0v) is 17.1.